The molecule has 0 saturated carbocycles. The van der Waals surface area contributed by atoms with Crippen LogP contribution in [0.1, 0.15) is 17.5 Å². The number of hydrogen-bond acceptors (Lipinski definition) is 6. The Morgan fingerprint density at radius 1 is 0.892 bits per heavy atom. The minimum Gasteiger partial charge on any atom is -0.484 e. The van der Waals surface area contributed by atoms with Gasteiger partial charge in [0.1, 0.15) is 5.75 Å². The van der Waals surface area contributed by atoms with Gasteiger partial charge in [0.25, 0.3) is 5.91 Å². The van der Waals surface area contributed by atoms with Gasteiger partial charge in [-0.05, 0) is 47.5 Å². The van der Waals surface area contributed by atoms with Crippen molar-refractivity contribution in [1.82, 2.24) is 10.6 Å². The number of fused-ring (bicyclic) bond motifs is 1. The molecule has 5 rings (SSSR count). The highest BCUT2D eigenvalue weighted by atomic mass is 16.7. The lowest BCUT2D eigenvalue weighted by Gasteiger charge is -2.17. The highest BCUT2D eigenvalue weighted by molar-refractivity contribution is 6.00. The predicted octanol–water partition coefficient (Wildman–Crippen LogP) is 2.78. The van der Waals surface area contributed by atoms with Crippen LogP contribution in [-0.2, 0) is 27.5 Å². The first-order valence-electron chi connectivity index (χ1n) is 12.1. The Bertz CT molecular complexity index is 1280. The summed E-state index contributed by atoms with van der Waals surface area (Å²) >= 11 is 0. The molecule has 2 aliphatic heterocycles. The van der Waals surface area contributed by atoms with Crippen molar-refractivity contribution in [3.8, 4) is 17.2 Å². The third kappa shape index (κ3) is 6.00. The monoisotopic (exact) mass is 501 g/mol. The lowest BCUT2D eigenvalue weighted by atomic mass is 10.1. The summed E-state index contributed by atoms with van der Waals surface area (Å²) in [5.74, 6) is 0.919. The third-order valence-electron chi connectivity index (χ3n) is 6.25. The van der Waals surface area contributed by atoms with Gasteiger partial charge < -0.3 is 29.7 Å². The van der Waals surface area contributed by atoms with Gasteiger partial charge in [0.05, 0.1) is 5.92 Å². The van der Waals surface area contributed by atoms with E-state index in [4.69, 9.17) is 14.2 Å². The van der Waals surface area contributed by atoms with Gasteiger partial charge >= 0.3 is 0 Å². The van der Waals surface area contributed by atoms with E-state index in [9.17, 15) is 14.4 Å². The van der Waals surface area contributed by atoms with E-state index >= 15 is 0 Å². The fourth-order valence-electron chi connectivity index (χ4n) is 4.24. The summed E-state index contributed by atoms with van der Waals surface area (Å²) in [5, 5.41) is 5.72. The van der Waals surface area contributed by atoms with E-state index in [0.29, 0.717) is 42.6 Å². The summed E-state index contributed by atoms with van der Waals surface area (Å²) in [6.45, 7) is 1.16. The van der Waals surface area contributed by atoms with E-state index in [2.05, 4.69) is 10.6 Å². The topological polar surface area (TPSA) is 106 Å². The molecule has 9 nitrogen and oxygen atoms in total. The van der Waals surface area contributed by atoms with Gasteiger partial charge in [-0.25, -0.2) is 0 Å². The van der Waals surface area contributed by atoms with E-state index in [0.717, 1.165) is 11.1 Å². The number of benzene rings is 3. The standard InChI is InChI=1S/C28H27N3O6/c32-26(29-14-19-4-2-1-3-5-19)17-35-23-9-7-22(8-10-23)31-16-21(13-27(31)33)28(34)30-15-20-6-11-24-25(12-20)37-18-36-24/h1-12,21H,13-18H2,(H,29,32)(H,30,34)/t21-/m0/s1. The summed E-state index contributed by atoms with van der Waals surface area (Å²) in [6, 6.07) is 22.1. The average Bonchev–Trinajstić information content (AvgIpc) is 3.56. The second-order valence-corrected chi connectivity index (χ2v) is 8.86. The van der Waals surface area contributed by atoms with Crippen molar-refractivity contribution in [1.29, 1.82) is 0 Å². The smallest absolute Gasteiger partial charge is 0.258 e. The largest absolute Gasteiger partial charge is 0.484 e. The molecule has 1 fully saturated rings. The van der Waals surface area contributed by atoms with Crippen LogP contribution in [0.15, 0.2) is 72.8 Å². The van der Waals surface area contributed by atoms with Crippen LogP contribution in [0.3, 0.4) is 0 Å². The molecule has 3 amide bonds. The lowest BCUT2D eigenvalue weighted by molar-refractivity contribution is -0.126. The van der Waals surface area contributed by atoms with Gasteiger partial charge in [-0.3, -0.25) is 14.4 Å². The number of carbonyl (C=O) groups is 3. The zero-order valence-electron chi connectivity index (χ0n) is 20.1. The molecular formula is C28H27N3O6. The second kappa shape index (κ2) is 11.0. The van der Waals surface area contributed by atoms with Crippen molar-refractivity contribution < 1.29 is 28.6 Å². The normalized spacial score (nSPS) is 15.9. The van der Waals surface area contributed by atoms with Crippen molar-refractivity contribution in [2.24, 2.45) is 5.92 Å². The molecule has 9 heteroatoms. The maximum Gasteiger partial charge on any atom is 0.258 e. The summed E-state index contributed by atoms with van der Waals surface area (Å²) in [7, 11) is 0. The first-order valence-corrected chi connectivity index (χ1v) is 12.1. The van der Waals surface area contributed by atoms with Crippen molar-refractivity contribution in [3.63, 3.8) is 0 Å². The summed E-state index contributed by atoms with van der Waals surface area (Å²) < 4.78 is 16.2. The Labute approximate surface area is 214 Å². The molecule has 0 aromatic heterocycles. The molecule has 0 bridgehead atoms. The molecule has 1 saturated heterocycles. The fourth-order valence-corrected chi connectivity index (χ4v) is 4.24. The molecule has 0 spiro atoms. The van der Waals surface area contributed by atoms with Gasteiger partial charge in [0, 0.05) is 31.7 Å². The maximum absolute atomic E-state index is 12.7. The zero-order valence-corrected chi connectivity index (χ0v) is 20.1. The number of rotatable bonds is 9. The summed E-state index contributed by atoms with van der Waals surface area (Å²) in [5.41, 5.74) is 2.58. The number of ether oxygens (including phenoxy) is 3. The van der Waals surface area contributed by atoms with Gasteiger partial charge in [-0.15, -0.1) is 0 Å². The summed E-state index contributed by atoms with van der Waals surface area (Å²) in [4.78, 5) is 39.0. The Morgan fingerprint density at radius 2 is 1.65 bits per heavy atom. The highest BCUT2D eigenvalue weighted by Crippen LogP contribution is 2.32. The molecule has 0 radical (unpaired) electrons. The second-order valence-electron chi connectivity index (χ2n) is 8.86. The molecular weight excluding hydrogens is 474 g/mol. The number of amides is 3. The molecule has 2 aliphatic rings. The molecule has 190 valence electrons. The zero-order chi connectivity index (χ0) is 25.6. The fraction of sp³-hybridized carbons (Fsp3) is 0.250. The number of anilines is 1. The summed E-state index contributed by atoms with van der Waals surface area (Å²) in [6.07, 6.45) is 0.146. The predicted molar refractivity (Wildman–Crippen MR) is 135 cm³/mol. The molecule has 1 atom stereocenters. The minimum atomic E-state index is -0.439. The van der Waals surface area contributed by atoms with E-state index in [1.807, 2.05) is 48.5 Å². The molecule has 2 heterocycles. The molecule has 2 N–H and O–H groups in total. The van der Waals surface area contributed by atoms with Gasteiger partial charge in [-0.2, -0.15) is 0 Å². The van der Waals surface area contributed by atoms with E-state index in [1.165, 1.54) is 0 Å². The van der Waals surface area contributed by atoms with Gasteiger partial charge in [0.15, 0.2) is 18.1 Å². The Morgan fingerprint density at radius 3 is 2.46 bits per heavy atom. The average molecular weight is 502 g/mol. The lowest BCUT2D eigenvalue weighted by Crippen LogP contribution is -2.32. The van der Waals surface area contributed by atoms with Crippen LogP contribution in [0.4, 0.5) is 5.69 Å². The molecule has 3 aromatic carbocycles. The van der Waals surface area contributed by atoms with Gasteiger partial charge in [0.2, 0.25) is 18.6 Å². The molecule has 0 aliphatic carbocycles. The van der Waals surface area contributed by atoms with E-state index in [-0.39, 0.29) is 37.5 Å². The van der Waals surface area contributed by atoms with Crippen LogP contribution >= 0.6 is 0 Å². The SMILES string of the molecule is O=C(COc1ccc(N2C[C@@H](C(=O)NCc3ccc4c(c3)OCO4)CC2=O)cc1)NCc1ccccc1. The van der Waals surface area contributed by atoms with Crippen LogP contribution in [-0.4, -0.2) is 37.7 Å². The molecule has 37 heavy (non-hydrogen) atoms. The first kappa shape index (κ1) is 24.2. The Hall–Kier alpha value is -4.53. The third-order valence-corrected chi connectivity index (χ3v) is 6.25. The number of hydrogen-bond donors (Lipinski definition) is 2. The number of nitrogens with one attached hydrogen (secondary N) is 2. The maximum atomic E-state index is 12.7. The van der Waals surface area contributed by atoms with Crippen molar-refractivity contribution in [3.05, 3.63) is 83.9 Å². The van der Waals surface area contributed by atoms with E-state index < -0.39 is 5.92 Å². The van der Waals surface area contributed by atoms with Crippen molar-refractivity contribution in [2.45, 2.75) is 19.5 Å². The highest BCUT2D eigenvalue weighted by Gasteiger charge is 2.35. The molecule has 3 aromatic rings. The van der Waals surface area contributed by atoms with E-state index in [1.54, 1.807) is 29.2 Å². The van der Waals surface area contributed by atoms with Crippen molar-refractivity contribution in [2.75, 3.05) is 24.8 Å². The van der Waals surface area contributed by atoms with Crippen LogP contribution in [0.2, 0.25) is 0 Å². The van der Waals surface area contributed by atoms with Crippen LogP contribution in [0.5, 0.6) is 17.2 Å². The van der Waals surface area contributed by atoms with Gasteiger partial charge in [-0.1, -0.05) is 36.4 Å². The van der Waals surface area contributed by atoms with Crippen molar-refractivity contribution >= 4 is 23.4 Å². The Balaban J connectivity index is 1.08. The van der Waals surface area contributed by atoms with Crippen LogP contribution < -0.4 is 29.7 Å². The number of carbonyl (C=O) groups excluding carboxylic acids is 3. The quantitative estimate of drug-likeness (QED) is 0.467. The van der Waals surface area contributed by atoms with Crippen LogP contribution in [0, 0.1) is 5.92 Å². The minimum absolute atomic E-state index is 0.111. The number of nitrogens with zero attached hydrogens (tertiary/aromatic N) is 1. The Kier molecular flexibility index (Phi) is 7.21. The van der Waals surface area contributed by atoms with Crippen LogP contribution in [0.25, 0.3) is 0 Å². The first-order chi connectivity index (χ1) is 18.0. The molecule has 0 unspecified atom stereocenters.